The lowest BCUT2D eigenvalue weighted by Crippen LogP contribution is -2.21. The Balaban J connectivity index is 1.71. The number of fused-ring (bicyclic) bond motifs is 1. The number of hydrogen-bond acceptors (Lipinski definition) is 5. The number of pyridine rings is 1. The molecule has 7 nitrogen and oxygen atoms in total. The number of rotatable bonds is 4. The van der Waals surface area contributed by atoms with Gasteiger partial charge in [0.25, 0.3) is 5.56 Å². The van der Waals surface area contributed by atoms with Crippen molar-refractivity contribution in [3.8, 4) is 0 Å². The normalized spacial score (nSPS) is 11.2. The Bertz CT molecular complexity index is 1110. The van der Waals surface area contributed by atoms with Gasteiger partial charge in [-0.15, -0.1) is 0 Å². The number of halogens is 1. The molecule has 2 heterocycles. The molecule has 0 radical (unpaired) electrons. The summed E-state index contributed by atoms with van der Waals surface area (Å²) in [4.78, 5) is 32.7. The summed E-state index contributed by atoms with van der Waals surface area (Å²) in [6.07, 6.45) is 1.36. The van der Waals surface area contributed by atoms with Gasteiger partial charge in [0.1, 0.15) is 5.15 Å². The average molecular weight is 388 g/mol. The standard InChI is InChI=1S/C17H14ClN5O2S/c1-9-2-3-10-5-11(16(18)21-13(10)4-9)8-19-23-15(25)7-12-6-14(24)22-17(26)20-12/h2-6,8H,7H2,1H3,(H,23,25)(H2,20,22,24,26)/b19-8-. The van der Waals surface area contributed by atoms with E-state index in [1.54, 1.807) is 0 Å². The second kappa shape index (κ2) is 7.59. The number of benzene rings is 1. The average Bonchev–Trinajstić information content (AvgIpc) is 2.54. The zero-order chi connectivity index (χ0) is 18.7. The highest BCUT2D eigenvalue weighted by atomic mass is 35.5. The molecule has 0 aliphatic carbocycles. The van der Waals surface area contributed by atoms with Crippen molar-refractivity contribution in [1.82, 2.24) is 20.4 Å². The molecule has 0 atom stereocenters. The minimum atomic E-state index is -0.405. The van der Waals surface area contributed by atoms with Crippen molar-refractivity contribution < 1.29 is 4.79 Å². The number of aromatic nitrogens is 3. The molecule has 26 heavy (non-hydrogen) atoms. The van der Waals surface area contributed by atoms with Gasteiger partial charge in [0.2, 0.25) is 5.91 Å². The first-order chi connectivity index (χ1) is 12.4. The minimum absolute atomic E-state index is 0.0616. The first-order valence-corrected chi connectivity index (χ1v) is 8.41. The fraction of sp³-hybridized carbons (Fsp3) is 0.118. The Labute approximate surface area is 158 Å². The van der Waals surface area contributed by atoms with E-state index in [1.807, 2.05) is 31.2 Å². The van der Waals surface area contributed by atoms with Crippen LogP contribution >= 0.6 is 23.8 Å². The van der Waals surface area contributed by atoms with Gasteiger partial charge in [0, 0.05) is 22.7 Å². The van der Waals surface area contributed by atoms with E-state index >= 15 is 0 Å². The number of hydrazone groups is 1. The zero-order valence-corrected chi connectivity index (χ0v) is 15.2. The highest BCUT2D eigenvalue weighted by molar-refractivity contribution is 7.71. The molecule has 0 aliphatic heterocycles. The molecule has 0 saturated carbocycles. The third-order valence-electron chi connectivity index (χ3n) is 3.51. The highest BCUT2D eigenvalue weighted by Gasteiger charge is 2.05. The predicted octanol–water partition coefficient (Wildman–Crippen LogP) is 2.64. The van der Waals surface area contributed by atoms with Gasteiger partial charge in [0.05, 0.1) is 18.2 Å². The minimum Gasteiger partial charge on any atom is -0.335 e. The van der Waals surface area contributed by atoms with E-state index in [0.29, 0.717) is 16.4 Å². The molecular weight excluding hydrogens is 374 g/mol. The number of nitrogens with one attached hydrogen (secondary N) is 3. The van der Waals surface area contributed by atoms with Crippen molar-refractivity contribution in [2.24, 2.45) is 5.10 Å². The first kappa shape index (κ1) is 18.0. The molecule has 3 rings (SSSR count). The van der Waals surface area contributed by atoms with Crippen LogP contribution in [0.5, 0.6) is 0 Å². The number of hydrogen-bond donors (Lipinski definition) is 3. The van der Waals surface area contributed by atoms with Crippen LogP contribution in [0, 0.1) is 11.7 Å². The van der Waals surface area contributed by atoms with Crippen molar-refractivity contribution in [3.05, 3.63) is 67.4 Å². The van der Waals surface area contributed by atoms with Crippen LogP contribution in [0.4, 0.5) is 0 Å². The van der Waals surface area contributed by atoms with Gasteiger partial charge in [-0.05, 0) is 36.8 Å². The molecular formula is C17H14ClN5O2S. The third kappa shape index (κ3) is 4.41. The smallest absolute Gasteiger partial charge is 0.251 e. The van der Waals surface area contributed by atoms with Gasteiger partial charge < -0.3 is 4.98 Å². The first-order valence-electron chi connectivity index (χ1n) is 7.62. The van der Waals surface area contributed by atoms with Crippen LogP contribution in [0.2, 0.25) is 5.15 Å². The van der Waals surface area contributed by atoms with Crippen LogP contribution in [0.1, 0.15) is 16.8 Å². The summed E-state index contributed by atoms with van der Waals surface area (Å²) in [6.45, 7) is 1.98. The SMILES string of the molecule is Cc1ccc2cc(/C=N\NC(=O)Cc3cc(=O)[nH]c(=S)[nH]3)c(Cl)nc2c1. The molecule has 0 bridgehead atoms. The van der Waals surface area contributed by atoms with Crippen molar-refractivity contribution >= 4 is 46.8 Å². The Morgan fingerprint density at radius 1 is 1.35 bits per heavy atom. The largest absolute Gasteiger partial charge is 0.335 e. The third-order valence-corrected chi connectivity index (χ3v) is 4.02. The number of aryl methyl sites for hydroxylation is 1. The fourth-order valence-corrected chi connectivity index (χ4v) is 2.79. The van der Waals surface area contributed by atoms with Crippen molar-refractivity contribution in [3.63, 3.8) is 0 Å². The van der Waals surface area contributed by atoms with Crippen LogP contribution in [0.25, 0.3) is 10.9 Å². The monoisotopic (exact) mass is 387 g/mol. The van der Waals surface area contributed by atoms with Crippen molar-refractivity contribution in [1.29, 1.82) is 0 Å². The lowest BCUT2D eigenvalue weighted by atomic mass is 10.1. The molecule has 132 valence electrons. The molecule has 3 aromatic rings. The lowest BCUT2D eigenvalue weighted by molar-refractivity contribution is -0.120. The topological polar surface area (TPSA) is 103 Å². The van der Waals surface area contributed by atoms with Gasteiger partial charge >= 0.3 is 0 Å². The summed E-state index contributed by atoms with van der Waals surface area (Å²) >= 11 is 11.0. The summed E-state index contributed by atoms with van der Waals surface area (Å²) in [6, 6.07) is 8.97. The van der Waals surface area contributed by atoms with E-state index in [0.717, 1.165) is 16.5 Å². The molecule has 3 N–H and O–H groups in total. The Kier molecular flexibility index (Phi) is 5.24. The molecule has 0 aliphatic rings. The summed E-state index contributed by atoms with van der Waals surface area (Å²) in [5.41, 5.74) is 4.87. The number of aromatic amines is 2. The second-order valence-corrected chi connectivity index (χ2v) is 6.41. The Morgan fingerprint density at radius 3 is 2.92 bits per heavy atom. The molecule has 0 saturated heterocycles. The highest BCUT2D eigenvalue weighted by Crippen LogP contribution is 2.20. The quantitative estimate of drug-likeness (QED) is 0.277. The lowest BCUT2D eigenvalue weighted by Gasteiger charge is -2.03. The fourth-order valence-electron chi connectivity index (χ4n) is 2.36. The number of carbonyl (C=O) groups excluding carboxylic acids is 1. The summed E-state index contributed by atoms with van der Waals surface area (Å²) in [7, 11) is 0. The van der Waals surface area contributed by atoms with E-state index in [9.17, 15) is 9.59 Å². The number of nitrogens with zero attached hydrogens (tertiary/aromatic N) is 2. The van der Waals surface area contributed by atoms with E-state index in [1.165, 1.54) is 12.3 Å². The van der Waals surface area contributed by atoms with Crippen LogP contribution < -0.4 is 11.0 Å². The molecule has 1 aromatic carbocycles. The molecule has 1 amide bonds. The molecule has 0 fully saturated rings. The van der Waals surface area contributed by atoms with Gasteiger partial charge in [0.15, 0.2) is 4.77 Å². The summed E-state index contributed by atoms with van der Waals surface area (Å²) < 4.78 is 0.160. The van der Waals surface area contributed by atoms with E-state index in [4.69, 9.17) is 23.8 Å². The molecule has 2 aromatic heterocycles. The molecule has 0 unspecified atom stereocenters. The van der Waals surface area contributed by atoms with Crippen molar-refractivity contribution in [2.45, 2.75) is 13.3 Å². The van der Waals surface area contributed by atoms with Gasteiger partial charge in [-0.2, -0.15) is 5.10 Å². The van der Waals surface area contributed by atoms with E-state index < -0.39 is 5.91 Å². The number of carbonyl (C=O) groups is 1. The van der Waals surface area contributed by atoms with E-state index in [2.05, 4.69) is 25.5 Å². The Morgan fingerprint density at radius 2 is 2.15 bits per heavy atom. The molecule has 9 heteroatoms. The molecule has 0 spiro atoms. The Hall–Kier alpha value is -2.84. The maximum Gasteiger partial charge on any atom is 0.251 e. The van der Waals surface area contributed by atoms with Crippen LogP contribution in [-0.4, -0.2) is 27.1 Å². The van der Waals surface area contributed by atoms with Gasteiger partial charge in [-0.25, -0.2) is 10.4 Å². The van der Waals surface area contributed by atoms with E-state index in [-0.39, 0.29) is 16.8 Å². The maximum atomic E-state index is 11.9. The summed E-state index contributed by atoms with van der Waals surface area (Å²) in [5.74, 6) is -0.405. The van der Waals surface area contributed by atoms with Crippen molar-refractivity contribution in [2.75, 3.05) is 0 Å². The summed E-state index contributed by atoms with van der Waals surface area (Å²) in [5, 5.41) is 5.10. The van der Waals surface area contributed by atoms with Gasteiger partial charge in [-0.1, -0.05) is 23.7 Å². The van der Waals surface area contributed by atoms with Gasteiger partial charge in [-0.3, -0.25) is 14.6 Å². The second-order valence-electron chi connectivity index (χ2n) is 5.65. The maximum absolute atomic E-state index is 11.9. The van der Waals surface area contributed by atoms with Crippen LogP contribution in [0.15, 0.2) is 40.2 Å². The zero-order valence-electron chi connectivity index (χ0n) is 13.7. The van der Waals surface area contributed by atoms with Crippen LogP contribution in [0.3, 0.4) is 0 Å². The number of H-pyrrole nitrogens is 2. The predicted molar refractivity (Wildman–Crippen MR) is 103 cm³/mol. The van der Waals surface area contributed by atoms with Crippen LogP contribution in [-0.2, 0) is 11.2 Å². The number of amides is 1.